The smallest absolute Gasteiger partial charge is 0.267 e. The van der Waals surface area contributed by atoms with Crippen LogP contribution in [0, 0.1) is 13.8 Å². The predicted molar refractivity (Wildman–Crippen MR) is 105 cm³/mol. The van der Waals surface area contributed by atoms with E-state index in [1.54, 1.807) is 64.4 Å². The SMILES string of the molecule is CNC(=O)c1cc2cc(NS(=O)(=O)c3c(C)cc(OC)cc3C)ccc2[nH]1. The molecule has 3 aromatic rings. The minimum atomic E-state index is -3.78. The Morgan fingerprint density at radius 3 is 2.33 bits per heavy atom. The summed E-state index contributed by atoms with van der Waals surface area (Å²) in [6.45, 7) is 3.46. The van der Waals surface area contributed by atoms with Crippen LogP contribution < -0.4 is 14.8 Å². The molecule has 0 radical (unpaired) electrons. The van der Waals surface area contributed by atoms with Crippen molar-refractivity contribution in [1.82, 2.24) is 10.3 Å². The van der Waals surface area contributed by atoms with E-state index in [1.165, 1.54) is 0 Å². The number of hydrogen-bond donors (Lipinski definition) is 3. The van der Waals surface area contributed by atoms with Crippen LogP contribution in [0.5, 0.6) is 5.75 Å². The van der Waals surface area contributed by atoms with Crippen molar-refractivity contribution in [1.29, 1.82) is 0 Å². The molecule has 1 heterocycles. The van der Waals surface area contributed by atoms with Gasteiger partial charge in [-0.05, 0) is 61.4 Å². The van der Waals surface area contributed by atoms with E-state index in [9.17, 15) is 13.2 Å². The van der Waals surface area contributed by atoms with Gasteiger partial charge in [-0.2, -0.15) is 0 Å². The second-order valence-corrected chi connectivity index (χ2v) is 7.88. The zero-order valence-corrected chi connectivity index (χ0v) is 16.3. The molecule has 0 fully saturated rings. The number of hydrogen-bond acceptors (Lipinski definition) is 4. The van der Waals surface area contributed by atoms with E-state index in [2.05, 4.69) is 15.0 Å². The zero-order valence-electron chi connectivity index (χ0n) is 15.5. The minimum absolute atomic E-state index is 0.225. The van der Waals surface area contributed by atoms with E-state index in [-0.39, 0.29) is 10.8 Å². The Bertz CT molecular complexity index is 1110. The highest BCUT2D eigenvalue weighted by molar-refractivity contribution is 7.92. The molecular formula is C19H21N3O4S. The Morgan fingerprint density at radius 2 is 1.74 bits per heavy atom. The molecule has 0 aliphatic heterocycles. The number of amides is 1. The fourth-order valence-corrected chi connectivity index (χ4v) is 4.62. The number of fused-ring (bicyclic) bond motifs is 1. The fraction of sp³-hybridized carbons (Fsp3) is 0.211. The third-order valence-electron chi connectivity index (χ3n) is 4.28. The Labute approximate surface area is 157 Å². The molecule has 142 valence electrons. The van der Waals surface area contributed by atoms with Gasteiger partial charge in [-0.1, -0.05) is 0 Å². The van der Waals surface area contributed by atoms with Gasteiger partial charge in [0.25, 0.3) is 15.9 Å². The molecule has 0 saturated carbocycles. The van der Waals surface area contributed by atoms with Crippen molar-refractivity contribution < 1.29 is 17.9 Å². The first-order valence-corrected chi connectivity index (χ1v) is 9.76. The largest absolute Gasteiger partial charge is 0.497 e. The molecule has 0 aliphatic rings. The van der Waals surface area contributed by atoms with E-state index in [1.807, 2.05) is 0 Å². The van der Waals surface area contributed by atoms with E-state index in [0.29, 0.717) is 28.3 Å². The first-order chi connectivity index (χ1) is 12.7. The Morgan fingerprint density at radius 1 is 1.07 bits per heavy atom. The van der Waals surface area contributed by atoms with Gasteiger partial charge < -0.3 is 15.0 Å². The second-order valence-electron chi connectivity index (χ2n) is 6.26. The molecule has 0 saturated heterocycles. The fourth-order valence-electron chi connectivity index (χ4n) is 3.11. The topological polar surface area (TPSA) is 100 Å². The van der Waals surface area contributed by atoms with Crippen molar-refractivity contribution in [3.05, 3.63) is 53.2 Å². The van der Waals surface area contributed by atoms with Crippen molar-refractivity contribution >= 4 is 32.5 Å². The molecule has 3 rings (SSSR count). The number of nitrogens with one attached hydrogen (secondary N) is 3. The number of carbonyl (C=O) groups is 1. The zero-order chi connectivity index (χ0) is 19.8. The third-order valence-corrected chi connectivity index (χ3v) is 5.97. The molecule has 0 spiro atoms. The number of ether oxygens (including phenoxy) is 1. The van der Waals surface area contributed by atoms with Gasteiger partial charge >= 0.3 is 0 Å². The predicted octanol–water partition coefficient (Wildman–Crippen LogP) is 2.95. The normalized spacial score (nSPS) is 11.4. The molecule has 27 heavy (non-hydrogen) atoms. The van der Waals surface area contributed by atoms with Gasteiger partial charge in [-0.3, -0.25) is 9.52 Å². The van der Waals surface area contributed by atoms with Crippen LogP contribution >= 0.6 is 0 Å². The highest BCUT2D eigenvalue weighted by Gasteiger charge is 2.21. The summed E-state index contributed by atoms with van der Waals surface area (Å²) in [5.74, 6) is 0.372. The van der Waals surface area contributed by atoms with Crippen LogP contribution in [0.25, 0.3) is 10.9 Å². The lowest BCUT2D eigenvalue weighted by Gasteiger charge is -2.14. The lowest BCUT2D eigenvalue weighted by Crippen LogP contribution is -2.17. The van der Waals surface area contributed by atoms with Gasteiger partial charge in [0.15, 0.2) is 0 Å². The molecule has 0 bridgehead atoms. The van der Waals surface area contributed by atoms with Gasteiger partial charge in [0.05, 0.1) is 12.0 Å². The quantitative estimate of drug-likeness (QED) is 0.627. The van der Waals surface area contributed by atoms with Crippen LogP contribution in [0.4, 0.5) is 5.69 Å². The van der Waals surface area contributed by atoms with E-state index >= 15 is 0 Å². The molecule has 0 atom stereocenters. The Kier molecular flexibility index (Phi) is 4.84. The molecule has 0 unspecified atom stereocenters. The van der Waals surface area contributed by atoms with E-state index in [0.717, 1.165) is 10.9 Å². The van der Waals surface area contributed by atoms with Crippen molar-refractivity contribution in [2.75, 3.05) is 18.9 Å². The lowest BCUT2D eigenvalue weighted by molar-refractivity contribution is 0.0959. The standard InChI is InChI=1S/C19H21N3O4S/c1-11-7-15(26-4)8-12(2)18(11)27(24,25)22-14-5-6-16-13(9-14)10-17(21-16)19(23)20-3/h5-10,21-22H,1-4H3,(H,20,23). The summed E-state index contributed by atoms with van der Waals surface area (Å²) >= 11 is 0. The highest BCUT2D eigenvalue weighted by Crippen LogP contribution is 2.28. The van der Waals surface area contributed by atoms with Crippen molar-refractivity contribution in [2.24, 2.45) is 0 Å². The van der Waals surface area contributed by atoms with Crippen LogP contribution in [0.2, 0.25) is 0 Å². The van der Waals surface area contributed by atoms with Gasteiger partial charge in [0.1, 0.15) is 11.4 Å². The molecule has 1 amide bonds. The minimum Gasteiger partial charge on any atom is -0.497 e. The number of benzene rings is 2. The highest BCUT2D eigenvalue weighted by atomic mass is 32.2. The summed E-state index contributed by atoms with van der Waals surface area (Å²) in [6, 6.07) is 10.1. The number of aryl methyl sites for hydroxylation is 2. The van der Waals surface area contributed by atoms with Crippen LogP contribution in [-0.4, -0.2) is 33.5 Å². The Balaban J connectivity index is 1.97. The molecule has 3 N–H and O–H groups in total. The number of rotatable bonds is 5. The summed E-state index contributed by atoms with van der Waals surface area (Å²) < 4.78 is 33.6. The maximum absolute atomic E-state index is 12.9. The van der Waals surface area contributed by atoms with Crippen LogP contribution in [0.3, 0.4) is 0 Å². The number of aromatic nitrogens is 1. The monoisotopic (exact) mass is 387 g/mol. The maximum Gasteiger partial charge on any atom is 0.267 e. The summed E-state index contributed by atoms with van der Waals surface area (Å²) in [5, 5.41) is 3.28. The summed E-state index contributed by atoms with van der Waals surface area (Å²) in [4.78, 5) is 15.0. The molecule has 7 nitrogen and oxygen atoms in total. The van der Waals surface area contributed by atoms with E-state index in [4.69, 9.17) is 4.74 Å². The van der Waals surface area contributed by atoms with Gasteiger partial charge in [-0.25, -0.2) is 8.42 Å². The number of anilines is 1. The maximum atomic E-state index is 12.9. The molecule has 8 heteroatoms. The van der Waals surface area contributed by atoms with Gasteiger partial charge in [0, 0.05) is 23.6 Å². The summed E-state index contributed by atoms with van der Waals surface area (Å²) in [6.07, 6.45) is 0. The molecular weight excluding hydrogens is 366 g/mol. The average molecular weight is 387 g/mol. The molecule has 2 aromatic carbocycles. The first kappa shape index (κ1) is 18.8. The van der Waals surface area contributed by atoms with Crippen LogP contribution in [-0.2, 0) is 10.0 Å². The number of H-pyrrole nitrogens is 1. The Hall–Kier alpha value is -3.00. The molecule has 1 aromatic heterocycles. The number of sulfonamides is 1. The third kappa shape index (κ3) is 3.61. The summed E-state index contributed by atoms with van der Waals surface area (Å²) in [7, 11) is -0.688. The number of aromatic amines is 1. The van der Waals surface area contributed by atoms with E-state index < -0.39 is 10.0 Å². The van der Waals surface area contributed by atoms with Gasteiger partial charge in [-0.15, -0.1) is 0 Å². The van der Waals surface area contributed by atoms with Crippen molar-refractivity contribution in [2.45, 2.75) is 18.7 Å². The first-order valence-electron chi connectivity index (χ1n) is 8.28. The van der Waals surface area contributed by atoms with Gasteiger partial charge in [0.2, 0.25) is 0 Å². The van der Waals surface area contributed by atoms with Crippen LogP contribution in [0.1, 0.15) is 21.6 Å². The van der Waals surface area contributed by atoms with Crippen molar-refractivity contribution in [3.63, 3.8) is 0 Å². The van der Waals surface area contributed by atoms with Crippen molar-refractivity contribution in [3.8, 4) is 5.75 Å². The lowest BCUT2D eigenvalue weighted by atomic mass is 10.1. The number of carbonyl (C=O) groups excluding carboxylic acids is 1. The molecule has 0 aliphatic carbocycles. The van der Waals surface area contributed by atoms with Crippen LogP contribution in [0.15, 0.2) is 41.3 Å². The average Bonchev–Trinajstić information content (AvgIpc) is 3.02. The summed E-state index contributed by atoms with van der Waals surface area (Å²) in [5.41, 5.74) is 2.77. The second kappa shape index (κ2) is 6.96. The number of methoxy groups -OCH3 is 1.